The van der Waals surface area contributed by atoms with Gasteiger partial charge < -0.3 is 0 Å². The van der Waals surface area contributed by atoms with Gasteiger partial charge in [-0.3, -0.25) is 4.79 Å². The molecule has 0 saturated heterocycles. The fraction of sp³-hybridized carbons (Fsp3) is 0.857. The van der Waals surface area contributed by atoms with Crippen molar-refractivity contribution in [1.82, 2.24) is 0 Å². The molecule has 1 fully saturated rings. The van der Waals surface area contributed by atoms with Gasteiger partial charge in [-0.25, -0.2) is 0 Å². The molecular formula is C7H14O. The van der Waals surface area contributed by atoms with Gasteiger partial charge in [0.25, 0.3) is 0 Å². The Balaban J connectivity index is 0.000000222. The van der Waals surface area contributed by atoms with Gasteiger partial charge in [-0.2, -0.15) is 0 Å². The smallest absolute Gasteiger partial charge is 0.135 e. The highest BCUT2D eigenvalue weighted by molar-refractivity contribution is 5.85. The summed E-state index contributed by atoms with van der Waals surface area (Å²) in [6.07, 6.45) is 1.96. The molecule has 48 valence electrons. The SMILES string of the molecule is CC.CC1CCC1=O. The van der Waals surface area contributed by atoms with Crippen LogP contribution in [0.25, 0.3) is 0 Å². The standard InChI is InChI=1S/C5H8O.C2H6/c1-4-2-3-5(4)6;1-2/h4H,2-3H2,1H3;1-2H3. The summed E-state index contributed by atoms with van der Waals surface area (Å²) >= 11 is 0. The highest BCUT2D eigenvalue weighted by Gasteiger charge is 2.21. The second-order valence-electron chi connectivity index (χ2n) is 1.91. The van der Waals surface area contributed by atoms with Crippen LogP contribution in [0.2, 0.25) is 0 Å². The fourth-order valence-corrected chi connectivity index (χ4v) is 0.551. The lowest BCUT2D eigenvalue weighted by atomic mass is 9.86. The molecule has 0 radical (unpaired) electrons. The van der Waals surface area contributed by atoms with E-state index in [0.29, 0.717) is 11.7 Å². The van der Waals surface area contributed by atoms with Crippen molar-refractivity contribution < 1.29 is 4.79 Å². The Labute approximate surface area is 51.1 Å². The third kappa shape index (κ3) is 1.65. The van der Waals surface area contributed by atoms with Crippen molar-refractivity contribution in [3.8, 4) is 0 Å². The molecule has 1 rings (SSSR count). The van der Waals surface area contributed by atoms with Crippen LogP contribution in [-0.2, 0) is 4.79 Å². The van der Waals surface area contributed by atoms with E-state index in [0.717, 1.165) is 12.8 Å². The Morgan fingerprint density at radius 2 is 1.88 bits per heavy atom. The summed E-state index contributed by atoms with van der Waals surface area (Å²) in [5.41, 5.74) is 0. The van der Waals surface area contributed by atoms with Crippen LogP contribution in [0.3, 0.4) is 0 Å². The molecule has 8 heavy (non-hydrogen) atoms. The van der Waals surface area contributed by atoms with Gasteiger partial charge in [-0.15, -0.1) is 0 Å². The third-order valence-electron chi connectivity index (χ3n) is 1.37. The fourth-order valence-electron chi connectivity index (χ4n) is 0.551. The molecule has 1 aliphatic rings. The Morgan fingerprint density at radius 3 is 1.88 bits per heavy atom. The van der Waals surface area contributed by atoms with Gasteiger partial charge in [-0.05, 0) is 6.42 Å². The minimum absolute atomic E-state index is 0.394. The van der Waals surface area contributed by atoms with Gasteiger partial charge in [0.05, 0.1) is 0 Å². The molecule has 1 nitrogen and oxygen atoms in total. The van der Waals surface area contributed by atoms with Crippen LogP contribution in [0, 0.1) is 5.92 Å². The molecule has 0 spiro atoms. The average Bonchev–Trinajstić information content (AvgIpc) is 1.88. The van der Waals surface area contributed by atoms with Crippen LogP contribution < -0.4 is 0 Å². The summed E-state index contributed by atoms with van der Waals surface area (Å²) in [4.78, 5) is 10.2. The summed E-state index contributed by atoms with van der Waals surface area (Å²) in [7, 11) is 0. The number of hydrogen-bond donors (Lipinski definition) is 0. The van der Waals surface area contributed by atoms with Gasteiger partial charge in [-0.1, -0.05) is 20.8 Å². The molecule has 1 atom stereocenters. The highest BCUT2D eigenvalue weighted by Crippen LogP contribution is 2.20. The number of rotatable bonds is 0. The van der Waals surface area contributed by atoms with Crippen LogP contribution in [0.4, 0.5) is 0 Å². The maximum absolute atomic E-state index is 10.2. The highest BCUT2D eigenvalue weighted by atomic mass is 16.1. The summed E-state index contributed by atoms with van der Waals surface area (Å²) in [5.74, 6) is 0.833. The van der Waals surface area contributed by atoms with Crippen molar-refractivity contribution >= 4 is 5.78 Å². The second kappa shape index (κ2) is 3.65. The summed E-state index contributed by atoms with van der Waals surface area (Å²) in [6.45, 7) is 5.98. The van der Waals surface area contributed by atoms with E-state index in [2.05, 4.69) is 0 Å². The lowest BCUT2D eigenvalue weighted by Gasteiger charge is -2.17. The Kier molecular flexibility index (Phi) is 3.49. The maximum Gasteiger partial charge on any atom is 0.135 e. The Morgan fingerprint density at radius 1 is 1.50 bits per heavy atom. The van der Waals surface area contributed by atoms with Crippen molar-refractivity contribution in [1.29, 1.82) is 0 Å². The largest absolute Gasteiger partial charge is 0.299 e. The predicted octanol–water partition coefficient (Wildman–Crippen LogP) is 2.01. The van der Waals surface area contributed by atoms with Gasteiger partial charge >= 0.3 is 0 Å². The number of carbonyl (C=O) groups is 1. The summed E-state index contributed by atoms with van der Waals surface area (Å²) < 4.78 is 0. The van der Waals surface area contributed by atoms with Crippen LogP contribution >= 0.6 is 0 Å². The number of Topliss-reactive ketones (excluding diaryl/α,β-unsaturated/α-hetero) is 1. The first-order chi connectivity index (χ1) is 3.80. The number of hydrogen-bond acceptors (Lipinski definition) is 1. The van der Waals surface area contributed by atoms with Gasteiger partial charge in [0.2, 0.25) is 0 Å². The average molecular weight is 114 g/mol. The van der Waals surface area contributed by atoms with Crippen molar-refractivity contribution in [2.24, 2.45) is 5.92 Å². The molecule has 0 N–H and O–H groups in total. The van der Waals surface area contributed by atoms with Crippen LogP contribution in [0.1, 0.15) is 33.6 Å². The molecule has 0 bridgehead atoms. The van der Waals surface area contributed by atoms with E-state index in [1.807, 2.05) is 20.8 Å². The summed E-state index contributed by atoms with van der Waals surface area (Å²) in [5, 5.41) is 0. The number of carbonyl (C=O) groups excluding carboxylic acids is 1. The van der Waals surface area contributed by atoms with Crippen LogP contribution in [0.15, 0.2) is 0 Å². The zero-order valence-corrected chi connectivity index (χ0v) is 5.90. The molecule has 0 aliphatic heterocycles. The van der Waals surface area contributed by atoms with E-state index in [9.17, 15) is 4.79 Å². The molecule has 1 aliphatic carbocycles. The first-order valence-electron chi connectivity index (χ1n) is 3.33. The van der Waals surface area contributed by atoms with Crippen LogP contribution in [0.5, 0.6) is 0 Å². The number of ketones is 1. The second-order valence-corrected chi connectivity index (χ2v) is 1.91. The minimum atomic E-state index is 0.394. The van der Waals surface area contributed by atoms with E-state index in [1.165, 1.54) is 0 Å². The van der Waals surface area contributed by atoms with E-state index in [4.69, 9.17) is 0 Å². The molecular weight excluding hydrogens is 100 g/mol. The lowest BCUT2D eigenvalue weighted by molar-refractivity contribution is -0.128. The van der Waals surface area contributed by atoms with Gasteiger partial charge in [0.15, 0.2) is 0 Å². The molecule has 1 saturated carbocycles. The molecule has 0 amide bonds. The third-order valence-corrected chi connectivity index (χ3v) is 1.37. The van der Waals surface area contributed by atoms with E-state index in [-0.39, 0.29) is 0 Å². The molecule has 1 unspecified atom stereocenters. The molecule has 1 heteroatoms. The normalized spacial score (nSPS) is 25.4. The molecule has 0 aromatic heterocycles. The predicted molar refractivity (Wildman–Crippen MR) is 34.8 cm³/mol. The van der Waals surface area contributed by atoms with Gasteiger partial charge in [0.1, 0.15) is 5.78 Å². The zero-order chi connectivity index (χ0) is 6.57. The minimum Gasteiger partial charge on any atom is -0.299 e. The lowest BCUT2D eigenvalue weighted by Crippen LogP contribution is -2.21. The van der Waals surface area contributed by atoms with Crippen molar-refractivity contribution in [2.45, 2.75) is 33.6 Å². The van der Waals surface area contributed by atoms with E-state index in [1.54, 1.807) is 0 Å². The maximum atomic E-state index is 10.2. The summed E-state index contributed by atoms with van der Waals surface area (Å²) in [6, 6.07) is 0. The van der Waals surface area contributed by atoms with Gasteiger partial charge in [0, 0.05) is 12.3 Å². The van der Waals surface area contributed by atoms with Crippen molar-refractivity contribution in [3.05, 3.63) is 0 Å². The monoisotopic (exact) mass is 114 g/mol. The van der Waals surface area contributed by atoms with Crippen molar-refractivity contribution in [3.63, 3.8) is 0 Å². The van der Waals surface area contributed by atoms with E-state index >= 15 is 0 Å². The Hall–Kier alpha value is -0.330. The topological polar surface area (TPSA) is 17.1 Å². The van der Waals surface area contributed by atoms with Crippen LogP contribution in [-0.4, -0.2) is 5.78 Å². The molecule has 0 aromatic carbocycles. The first-order valence-corrected chi connectivity index (χ1v) is 3.33. The first kappa shape index (κ1) is 7.67. The van der Waals surface area contributed by atoms with Crippen molar-refractivity contribution in [2.75, 3.05) is 0 Å². The molecule has 0 aromatic rings. The Bertz CT molecular complexity index is 76.5. The quantitative estimate of drug-likeness (QED) is 0.471. The zero-order valence-electron chi connectivity index (χ0n) is 5.90. The van der Waals surface area contributed by atoms with E-state index < -0.39 is 0 Å². The molecule has 0 heterocycles.